The molecule has 1 aliphatic rings. The first-order valence-corrected chi connectivity index (χ1v) is 6.78. The molecule has 0 unspecified atom stereocenters. The Morgan fingerprint density at radius 1 is 1.53 bits per heavy atom. The summed E-state index contributed by atoms with van der Waals surface area (Å²) in [5.74, 6) is 0.0455. The Bertz CT molecular complexity index is 410. The zero-order valence-electron chi connectivity index (χ0n) is 11.3. The fourth-order valence-corrected chi connectivity index (χ4v) is 2.30. The summed E-state index contributed by atoms with van der Waals surface area (Å²) in [6.07, 6.45) is 3.07. The number of amides is 1. The molecule has 2 rings (SSSR count). The maximum Gasteiger partial charge on any atom is 0.252 e. The van der Waals surface area contributed by atoms with Crippen LogP contribution in [0.3, 0.4) is 0 Å². The van der Waals surface area contributed by atoms with Crippen molar-refractivity contribution in [2.24, 2.45) is 5.73 Å². The Morgan fingerprint density at radius 3 is 2.95 bits per heavy atom. The highest BCUT2D eigenvalue weighted by molar-refractivity contribution is 5.81. The van der Waals surface area contributed by atoms with Crippen LogP contribution in [-0.2, 0) is 16.1 Å². The summed E-state index contributed by atoms with van der Waals surface area (Å²) in [5, 5.41) is 0. The number of hydrogen-bond acceptors (Lipinski definition) is 4. The molecule has 5 nitrogen and oxygen atoms in total. The van der Waals surface area contributed by atoms with Crippen molar-refractivity contribution in [2.45, 2.75) is 38.5 Å². The number of carbonyl (C=O) groups is 1. The first kappa shape index (κ1) is 14.0. The van der Waals surface area contributed by atoms with Crippen molar-refractivity contribution in [3.05, 3.63) is 30.1 Å². The molecule has 1 aromatic rings. The van der Waals surface area contributed by atoms with Crippen LogP contribution in [0, 0.1) is 0 Å². The molecule has 5 heteroatoms. The number of carbonyl (C=O) groups excluding carboxylic acids is 1. The van der Waals surface area contributed by atoms with Gasteiger partial charge in [-0.25, -0.2) is 0 Å². The van der Waals surface area contributed by atoms with Crippen LogP contribution in [0.2, 0.25) is 0 Å². The quantitative estimate of drug-likeness (QED) is 0.858. The van der Waals surface area contributed by atoms with Crippen LogP contribution >= 0.6 is 0 Å². The van der Waals surface area contributed by atoms with Gasteiger partial charge in [-0.15, -0.1) is 0 Å². The molecule has 0 aromatic carbocycles. The van der Waals surface area contributed by atoms with Crippen molar-refractivity contribution in [3.63, 3.8) is 0 Å². The van der Waals surface area contributed by atoms with E-state index in [0.29, 0.717) is 19.6 Å². The zero-order valence-corrected chi connectivity index (χ0v) is 11.3. The van der Waals surface area contributed by atoms with Gasteiger partial charge < -0.3 is 15.4 Å². The number of rotatable bonds is 5. The molecule has 1 fully saturated rings. The van der Waals surface area contributed by atoms with E-state index >= 15 is 0 Å². The molecule has 19 heavy (non-hydrogen) atoms. The molecule has 0 radical (unpaired) electrons. The first-order chi connectivity index (χ1) is 9.24. The Labute approximate surface area is 113 Å². The van der Waals surface area contributed by atoms with Gasteiger partial charge in [-0.1, -0.05) is 6.07 Å². The van der Waals surface area contributed by atoms with E-state index in [9.17, 15) is 4.79 Å². The van der Waals surface area contributed by atoms with E-state index in [0.717, 1.165) is 18.5 Å². The van der Waals surface area contributed by atoms with E-state index in [1.807, 2.05) is 25.1 Å². The average molecular weight is 263 g/mol. The number of pyridine rings is 1. The summed E-state index contributed by atoms with van der Waals surface area (Å²) in [5.41, 5.74) is 6.46. The summed E-state index contributed by atoms with van der Waals surface area (Å²) >= 11 is 0. The highest BCUT2D eigenvalue weighted by atomic mass is 16.5. The monoisotopic (exact) mass is 263 g/mol. The first-order valence-electron chi connectivity index (χ1n) is 6.78. The average Bonchev–Trinajstić information content (AvgIpc) is 2.94. The van der Waals surface area contributed by atoms with Crippen molar-refractivity contribution >= 4 is 5.91 Å². The second-order valence-electron chi connectivity index (χ2n) is 4.73. The van der Waals surface area contributed by atoms with Crippen LogP contribution in [0.5, 0.6) is 0 Å². The summed E-state index contributed by atoms with van der Waals surface area (Å²) in [7, 11) is 0. The third-order valence-electron chi connectivity index (χ3n) is 3.42. The number of nitrogens with zero attached hydrogens (tertiary/aromatic N) is 2. The van der Waals surface area contributed by atoms with Gasteiger partial charge in [0.05, 0.1) is 18.3 Å². The molecule has 2 atom stereocenters. The molecule has 0 spiro atoms. The number of ether oxygens (including phenoxy) is 1. The molecule has 0 saturated carbocycles. The Hall–Kier alpha value is -1.46. The molecule has 104 valence electrons. The van der Waals surface area contributed by atoms with Gasteiger partial charge in [-0.05, 0) is 31.9 Å². The second kappa shape index (κ2) is 6.63. The van der Waals surface area contributed by atoms with Crippen molar-refractivity contribution in [1.29, 1.82) is 0 Å². The molecular weight excluding hydrogens is 242 g/mol. The molecule has 2 N–H and O–H groups in total. The lowest BCUT2D eigenvalue weighted by molar-refractivity contribution is -0.143. The minimum atomic E-state index is -0.336. The third kappa shape index (κ3) is 3.52. The Balaban J connectivity index is 1.96. The maximum absolute atomic E-state index is 12.4. The summed E-state index contributed by atoms with van der Waals surface area (Å²) in [4.78, 5) is 18.4. The van der Waals surface area contributed by atoms with Crippen LogP contribution in [-0.4, -0.2) is 41.1 Å². The lowest BCUT2D eigenvalue weighted by atomic mass is 10.1. The van der Waals surface area contributed by atoms with E-state index in [4.69, 9.17) is 10.5 Å². The SMILES string of the molecule is CCN(Cc1ccccn1)C(=O)[C@@H]1CC[C@H](CN)O1. The fraction of sp³-hybridized carbons (Fsp3) is 0.571. The Kier molecular flexibility index (Phi) is 4.87. The predicted molar refractivity (Wildman–Crippen MR) is 72.3 cm³/mol. The van der Waals surface area contributed by atoms with Gasteiger partial charge in [0.15, 0.2) is 0 Å². The molecule has 1 amide bonds. The normalized spacial score (nSPS) is 22.4. The summed E-state index contributed by atoms with van der Waals surface area (Å²) in [6.45, 7) is 3.64. The van der Waals surface area contributed by atoms with Crippen LogP contribution < -0.4 is 5.73 Å². The number of nitrogens with two attached hydrogens (primary N) is 1. The van der Waals surface area contributed by atoms with Crippen molar-refractivity contribution in [1.82, 2.24) is 9.88 Å². The van der Waals surface area contributed by atoms with Crippen LogP contribution in [0.4, 0.5) is 0 Å². The molecule has 0 bridgehead atoms. The molecule has 0 aliphatic carbocycles. The van der Waals surface area contributed by atoms with E-state index in [1.165, 1.54) is 0 Å². The van der Waals surface area contributed by atoms with Crippen LogP contribution in [0.15, 0.2) is 24.4 Å². The van der Waals surface area contributed by atoms with Crippen molar-refractivity contribution in [2.75, 3.05) is 13.1 Å². The minimum Gasteiger partial charge on any atom is -0.364 e. The number of likely N-dealkylation sites (N-methyl/N-ethyl adjacent to an activating group) is 1. The topological polar surface area (TPSA) is 68.5 Å². The van der Waals surface area contributed by atoms with Gasteiger partial charge in [0.2, 0.25) is 0 Å². The van der Waals surface area contributed by atoms with E-state index in [2.05, 4.69) is 4.98 Å². The molecule has 1 aromatic heterocycles. The smallest absolute Gasteiger partial charge is 0.252 e. The van der Waals surface area contributed by atoms with Crippen molar-refractivity contribution < 1.29 is 9.53 Å². The number of aromatic nitrogens is 1. The van der Waals surface area contributed by atoms with E-state index in [-0.39, 0.29) is 18.1 Å². The summed E-state index contributed by atoms with van der Waals surface area (Å²) in [6, 6.07) is 5.72. The maximum atomic E-state index is 12.4. The van der Waals surface area contributed by atoms with Gasteiger partial charge in [0.25, 0.3) is 5.91 Å². The van der Waals surface area contributed by atoms with Gasteiger partial charge in [-0.2, -0.15) is 0 Å². The lowest BCUT2D eigenvalue weighted by Crippen LogP contribution is -2.39. The van der Waals surface area contributed by atoms with Gasteiger partial charge in [0, 0.05) is 19.3 Å². The van der Waals surface area contributed by atoms with E-state index in [1.54, 1.807) is 11.1 Å². The standard InChI is InChI=1S/C14H21N3O2/c1-2-17(10-11-5-3-4-8-16-11)14(18)13-7-6-12(9-15)19-13/h3-5,8,12-13H,2,6-7,9-10,15H2,1H3/t12-,13+/m1/s1. The molecule has 1 saturated heterocycles. The lowest BCUT2D eigenvalue weighted by Gasteiger charge is -2.24. The fourth-order valence-electron chi connectivity index (χ4n) is 2.30. The minimum absolute atomic E-state index is 0.0301. The highest BCUT2D eigenvalue weighted by Gasteiger charge is 2.32. The van der Waals surface area contributed by atoms with Crippen molar-refractivity contribution in [3.8, 4) is 0 Å². The van der Waals surface area contributed by atoms with Crippen LogP contribution in [0.1, 0.15) is 25.5 Å². The second-order valence-corrected chi connectivity index (χ2v) is 4.73. The van der Waals surface area contributed by atoms with Gasteiger partial charge in [-0.3, -0.25) is 9.78 Å². The highest BCUT2D eigenvalue weighted by Crippen LogP contribution is 2.21. The van der Waals surface area contributed by atoms with Crippen LogP contribution in [0.25, 0.3) is 0 Å². The van der Waals surface area contributed by atoms with Gasteiger partial charge >= 0.3 is 0 Å². The van der Waals surface area contributed by atoms with E-state index < -0.39 is 0 Å². The predicted octanol–water partition coefficient (Wildman–Crippen LogP) is 0.936. The third-order valence-corrected chi connectivity index (χ3v) is 3.42. The molecular formula is C14H21N3O2. The van der Waals surface area contributed by atoms with Gasteiger partial charge in [0.1, 0.15) is 6.10 Å². The Morgan fingerprint density at radius 2 is 2.37 bits per heavy atom. The molecule has 1 aliphatic heterocycles. The number of hydrogen-bond donors (Lipinski definition) is 1. The largest absolute Gasteiger partial charge is 0.364 e. The summed E-state index contributed by atoms with van der Waals surface area (Å²) < 4.78 is 5.66. The zero-order chi connectivity index (χ0) is 13.7. The molecule has 2 heterocycles.